The molecule has 2 aromatic carbocycles. The second-order valence-electron chi connectivity index (χ2n) is 4.58. The van der Waals surface area contributed by atoms with Crippen LogP contribution in [-0.2, 0) is 6.42 Å². The van der Waals surface area contributed by atoms with Crippen molar-refractivity contribution in [2.75, 3.05) is 0 Å². The van der Waals surface area contributed by atoms with Crippen molar-refractivity contribution in [1.29, 1.82) is 0 Å². The zero-order chi connectivity index (χ0) is 14.9. The number of halogens is 4. The summed E-state index contributed by atoms with van der Waals surface area (Å²) in [6.45, 7) is 1.65. The highest BCUT2D eigenvalue weighted by molar-refractivity contribution is 5.30. The molecule has 1 N–H and O–H groups in total. The van der Waals surface area contributed by atoms with Crippen LogP contribution in [-0.4, -0.2) is 5.11 Å². The van der Waals surface area contributed by atoms with Crippen molar-refractivity contribution < 1.29 is 22.7 Å². The third-order valence-corrected chi connectivity index (χ3v) is 3.12. The monoisotopic (exact) mass is 284 g/mol. The number of benzene rings is 2. The van der Waals surface area contributed by atoms with E-state index in [2.05, 4.69) is 0 Å². The van der Waals surface area contributed by atoms with Crippen LogP contribution in [0.15, 0.2) is 30.3 Å². The molecule has 106 valence electrons. The number of aryl methyl sites for hydroxylation is 1. The van der Waals surface area contributed by atoms with E-state index in [1.807, 2.05) is 0 Å². The van der Waals surface area contributed by atoms with Gasteiger partial charge in [-0.25, -0.2) is 17.6 Å². The number of aliphatic hydroxyl groups is 1. The highest BCUT2D eigenvalue weighted by Crippen LogP contribution is 2.25. The highest BCUT2D eigenvalue weighted by atomic mass is 19.2. The quantitative estimate of drug-likeness (QED) is 0.671. The Labute approximate surface area is 113 Å². The molecular weight excluding hydrogens is 272 g/mol. The van der Waals surface area contributed by atoms with Gasteiger partial charge in [0.2, 0.25) is 0 Å². The minimum Gasteiger partial charge on any atom is -0.388 e. The van der Waals surface area contributed by atoms with Gasteiger partial charge in [-0.15, -0.1) is 0 Å². The number of hydrogen-bond acceptors (Lipinski definition) is 1. The maximum absolute atomic E-state index is 13.5. The van der Waals surface area contributed by atoms with Gasteiger partial charge < -0.3 is 5.11 Å². The Hall–Kier alpha value is -1.88. The van der Waals surface area contributed by atoms with Crippen LogP contribution in [0.1, 0.15) is 22.8 Å². The van der Waals surface area contributed by atoms with Gasteiger partial charge in [-0.05, 0) is 36.2 Å². The van der Waals surface area contributed by atoms with Gasteiger partial charge in [0.25, 0.3) is 0 Å². The van der Waals surface area contributed by atoms with Crippen LogP contribution in [0.5, 0.6) is 0 Å². The molecule has 0 heterocycles. The van der Waals surface area contributed by atoms with Gasteiger partial charge in [0.15, 0.2) is 11.6 Å². The van der Waals surface area contributed by atoms with E-state index >= 15 is 0 Å². The van der Waals surface area contributed by atoms with Gasteiger partial charge in [0.1, 0.15) is 11.6 Å². The van der Waals surface area contributed by atoms with Crippen molar-refractivity contribution in [2.45, 2.75) is 19.4 Å². The third kappa shape index (κ3) is 2.99. The Morgan fingerprint density at radius 3 is 2.25 bits per heavy atom. The first-order valence-corrected chi connectivity index (χ1v) is 5.96. The number of aliphatic hydroxyl groups excluding tert-OH is 1. The van der Waals surface area contributed by atoms with E-state index in [9.17, 15) is 22.7 Å². The predicted octanol–water partition coefficient (Wildman–Crippen LogP) is 3.83. The first kappa shape index (κ1) is 14.5. The largest absolute Gasteiger partial charge is 0.388 e. The Balaban J connectivity index is 2.28. The van der Waals surface area contributed by atoms with Gasteiger partial charge >= 0.3 is 0 Å². The van der Waals surface area contributed by atoms with Gasteiger partial charge in [-0.1, -0.05) is 6.07 Å². The zero-order valence-corrected chi connectivity index (χ0v) is 10.6. The van der Waals surface area contributed by atoms with Crippen molar-refractivity contribution in [3.63, 3.8) is 0 Å². The maximum atomic E-state index is 13.5. The fraction of sp³-hybridized carbons (Fsp3) is 0.200. The van der Waals surface area contributed by atoms with Crippen LogP contribution in [0, 0.1) is 30.2 Å². The molecule has 0 aromatic heterocycles. The summed E-state index contributed by atoms with van der Waals surface area (Å²) in [6.07, 6.45) is -1.36. The van der Waals surface area contributed by atoms with E-state index in [1.165, 1.54) is 18.2 Å². The maximum Gasteiger partial charge on any atom is 0.161 e. The summed E-state index contributed by atoms with van der Waals surface area (Å²) >= 11 is 0. The van der Waals surface area contributed by atoms with Crippen molar-refractivity contribution in [2.24, 2.45) is 0 Å². The Bertz CT molecular complexity index is 640. The van der Waals surface area contributed by atoms with Crippen molar-refractivity contribution >= 4 is 0 Å². The molecule has 0 aliphatic carbocycles. The highest BCUT2D eigenvalue weighted by Gasteiger charge is 2.18. The lowest BCUT2D eigenvalue weighted by Gasteiger charge is -2.14. The average Bonchev–Trinajstić information content (AvgIpc) is 2.37. The number of hydrogen-bond donors (Lipinski definition) is 1. The van der Waals surface area contributed by atoms with E-state index < -0.39 is 29.4 Å². The molecule has 1 atom stereocenters. The summed E-state index contributed by atoms with van der Waals surface area (Å²) in [5, 5.41) is 9.94. The minimum atomic E-state index is -1.34. The Kier molecular flexibility index (Phi) is 4.09. The zero-order valence-electron chi connectivity index (χ0n) is 10.6. The lowest BCUT2D eigenvalue weighted by atomic mass is 9.97. The molecule has 0 saturated heterocycles. The molecule has 0 bridgehead atoms. The molecule has 1 unspecified atom stereocenters. The van der Waals surface area contributed by atoms with E-state index in [4.69, 9.17) is 0 Å². The van der Waals surface area contributed by atoms with Gasteiger partial charge in [-0.2, -0.15) is 0 Å². The SMILES string of the molecule is Cc1cc(F)ccc1CC(O)c1cc(F)c(F)cc1F. The smallest absolute Gasteiger partial charge is 0.161 e. The standard InChI is InChI=1S/C15H12F4O/c1-8-4-10(16)3-2-9(8)5-15(20)11-6-13(18)14(19)7-12(11)17/h2-4,6-7,15,20H,5H2,1H3. The number of rotatable bonds is 3. The van der Waals surface area contributed by atoms with Gasteiger partial charge in [0, 0.05) is 18.1 Å². The molecular formula is C15H12F4O. The molecule has 0 fully saturated rings. The van der Waals surface area contributed by atoms with Gasteiger partial charge in [-0.3, -0.25) is 0 Å². The molecule has 5 heteroatoms. The van der Waals surface area contributed by atoms with Crippen LogP contribution in [0.25, 0.3) is 0 Å². The van der Waals surface area contributed by atoms with E-state index in [1.54, 1.807) is 6.92 Å². The van der Waals surface area contributed by atoms with Gasteiger partial charge in [0.05, 0.1) is 6.10 Å². The fourth-order valence-corrected chi connectivity index (χ4v) is 2.00. The van der Waals surface area contributed by atoms with Crippen LogP contribution in [0.4, 0.5) is 17.6 Å². The summed E-state index contributed by atoms with van der Waals surface area (Å²) < 4.78 is 52.4. The topological polar surface area (TPSA) is 20.2 Å². The molecule has 0 aliphatic heterocycles. The predicted molar refractivity (Wildman–Crippen MR) is 66.1 cm³/mol. The summed E-state index contributed by atoms with van der Waals surface area (Å²) in [5.41, 5.74) is 0.864. The van der Waals surface area contributed by atoms with Crippen LogP contribution < -0.4 is 0 Å². The lowest BCUT2D eigenvalue weighted by molar-refractivity contribution is 0.172. The van der Waals surface area contributed by atoms with Crippen molar-refractivity contribution in [1.82, 2.24) is 0 Å². The van der Waals surface area contributed by atoms with E-state index in [0.29, 0.717) is 23.3 Å². The molecule has 2 rings (SSSR count). The minimum absolute atomic E-state index is 0.0197. The summed E-state index contributed by atoms with van der Waals surface area (Å²) in [4.78, 5) is 0. The van der Waals surface area contributed by atoms with Crippen LogP contribution in [0.3, 0.4) is 0 Å². The Morgan fingerprint density at radius 2 is 1.60 bits per heavy atom. The normalized spacial score (nSPS) is 12.5. The van der Waals surface area contributed by atoms with E-state index in [0.717, 1.165) is 0 Å². The summed E-state index contributed by atoms with van der Waals surface area (Å²) in [7, 11) is 0. The first-order chi connectivity index (χ1) is 9.38. The van der Waals surface area contributed by atoms with Crippen LogP contribution >= 0.6 is 0 Å². The summed E-state index contributed by atoms with van der Waals surface area (Å²) in [6, 6.07) is 4.99. The molecule has 0 amide bonds. The summed E-state index contributed by atoms with van der Waals surface area (Å²) in [5.74, 6) is -3.97. The van der Waals surface area contributed by atoms with Crippen LogP contribution in [0.2, 0.25) is 0 Å². The fourth-order valence-electron chi connectivity index (χ4n) is 2.00. The third-order valence-electron chi connectivity index (χ3n) is 3.12. The molecule has 0 radical (unpaired) electrons. The Morgan fingerprint density at radius 1 is 0.950 bits per heavy atom. The second-order valence-corrected chi connectivity index (χ2v) is 4.58. The second kappa shape index (κ2) is 5.63. The van der Waals surface area contributed by atoms with Crippen molar-refractivity contribution in [3.8, 4) is 0 Å². The molecule has 0 spiro atoms. The molecule has 20 heavy (non-hydrogen) atoms. The molecule has 1 nitrogen and oxygen atoms in total. The average molecular weight is 284 g/mol. The van der Waals surface area contributed by atoms with E-state index in [-0.39, 0.29) is 12.0 Å². The lowest BCUT2D eigenvalue weighted by Crippen LogP contribution is -2.07. The molecule has 2 aromatic rings. The molecule has 0 saturated carbocycles. The molecule has 0 aliphatic rings. The van der Waals surface area contributed by atoms with Crippen molar-refractivity contribution in [3.05, 3.63) is 70.3 Å². The first-order valence-electron chi connectivity index (χ1n) is 5.96.